The summed E-state index contributed by atoms with van der Waals surface area (Å²) in [5, 5.41) is 14.4. The molecule has 178 valence electrons. The molecule has 8 heteroatoms. The third-order valence-corrected chi connectivity index (χ3v) is 5.57. The Kier molecular flexibility index (Phi) is 7.32. The molecule has 3 aromatic carbocycles. The molecule has 1 fully saturated rings. The first kappa shape index (κ1) is 23.8. The van der Waals surface area contributed by atoms with Crippen molar-refractivity contribution in [2.75, 3.05) is 0 Å². The molecule has 0 spiro atoms. The first-order valence-corrected chi connectivity index (χ1v) is 11.1. The van der Waals surface area contributed by atoms with Gasteiger partial charge < -0.3 is 10.6 Å². The van der Waals surface area contributed by atoms with Crippen molar-refractivity contribution in [3.63, 3.8) is 0 Å². The Hall–Kier alpha value is -4.30. The summed E-state index contributed by atoms with van der Waals surface area (Å²) in [7, 11) is 0. The first-order chi connectivity index (χ1) is 16.9. The van der Waals surface area contributed by atoms with Crippen molar-refractivity contribution in [2.45, 2.75) is 25.4 Å². The Balaban J connectivity index is 1.44. The summed E-state index contributed by atoms with van der Waals surface area (Å²) >= 11 is 0. The van der Waals surface area contributed by atoms with Crippen molar-refractivity contribution in [1.82, 2.24) is 16.1 Å². The van der Waals surface area contributed by atoms with E-state index in [4.69, 9.17) is 5.21 Å². The molecule has 0 atom stereocenters. The molecule has 0 aliphatic heterocycles. The fourth-order valence-corrected chi connectivity index (χ4v) is 3.42. The van der Waals surface area contributed by atoms with Crippen molar-refractivity contribution in [1.29, 1.82) is 0 Å². The first-order valence-electron chi connectivity index (χ1n) is 11.1. The second-order valence-corrected chi connectivity index (χ2v) is 8.26. The van der Waals surface area contributed by atoms with Gasteiger partial charge in [0.1, 0.15) is 5.82 Å². The number of amides is 3. The van der Waals surface area contributed by atoms with Crippen molar-refractivity contribution < 1.29 is 24.0 Å². The lowest BCUT2D eigenvalue weighted by atomic mass is 10.0. The van der Waals surface area contributed by atoms with E-state index < -0.39 is 5.91 Å². The number of rotatable bonds is 8. The van der Waals surface area contributed by atoms with Gasteiger partial charge in [-0.15, -0.1) is 0 Å². The minimum absolute atomic E-state index is 0.181. The fourth-order valence-electron chi connectivity index (χ4n) is 3.42. The molecule has 3 amide bonds. The summed E-state index contributed by atoms with van der Waals surface area (Å²) in [6.07, 6.45) is 3.62. The van der Waals surface area contributed by atoms with Crippen molar-refractivity contribution in [2.24, 2.45) is 0 Å². The number of nitrogens with one attached hydrogen (secondary N) is 3. The maximum Gasteiger partial charge on any atom is 0.274 e. The van der Waals surface area contributed by atoms with E-state index in [9.17, 15) is 18.8 Å². The standard InChI is InChI=1S/C27H24FN3O4/c28-22-11-9-19(10-12-22)24(27(34)30-23-13-14-23)15-17-1-5-20(6-2-17)25(32)29-16-18-3-7-21(8-4-18)26(33)31-35/h1-12,15,23,35H,13-14,16H2,(H,29,32)(H,30,34)(H,31,33)/b24-15+. The average molecular weight is 474 g/mol. The lowest BCUT2D eigenvalue weighted by molar-refractivity contribution is -0.115. The van der Waals surface area contributed by atoms with E-state index in [1.807, 2.05) is 0 Å². The van der Waals surface area contributed by atoms with Crippen LogP contribution < -0.4 is 16.1 Å². The van der Waals surface area contributed by atoms with E-state index in [-0.39, 0.29) is 30.2 Å². The van der Waals surface area contributed by atoms with E-state index in [0.717, 1.165) is 24.0 Å². The molecular formula is C27H24FN3O4. The molecule has 0 radical (unpaired) electrons. The molecule has 7 nitrogen and oxygen atoms in total. The van der Waals surface area contributed by atoms with Gasteiger partial charge in [0.25, 0.3) is 17.7 Å². The molecule has 0 heterocycles. The molecular weight excluding hydrogens is 449 g/mol. The topological polar surface area (TPSA) is 108 Å². The van der Waals surface area contributed by atoms with Crippen LogP contribution in [0.4, 0.5) is 4.39 Å². The van der Waals surface area contributed by atoms with Gasteiger partial charge in [0.2, 0.25) is 0 Å². The zero-order valence-corrected chi connectivity index (χ0v) is 18.8. The highest BCUT2D eigenvalue weighted by molar-refractivity contribution is 6.24. The number of hydrogen-bond donors (Lipinski definition) is 4. The lowest BCUT2D eigenvalue weighted by Crippen LogP contribution is -2.26. The molecule has 3 aromatic rings. The average Bonchev–Trinajstić information content (AvgIpc) is 3.70. The highest BCUT2D eigenvalue weighted by Gasteiger charge is 2.25. The van der Waals surface area contributed by atoms with E-state index in [0.29, 0.717) is 22.3 Å². The van der Waals surface area contributed by atoms with Gasteiger partial charge >= 0.3 is 0 Å². The highest BCUT2D eigenvalue weighted by Crippen LogP contribution is 2.24. The molecule has 4 rings (SSSR count). The molecule has 1 saturated carbocycles. The van der Waals surface area contributed by atoms with Crippen LogP contribution in [0.3, 0.4) is 0 Å². The zero-order valence-electron chi connectivity index (χ0n) is 18.8. The SMILES string of the molecule is O=C(NC1CC1)/C(=C/c1ccc(C(=O)NCc2ccc(C(=O)NO)cc2)cc1)c1ccc(F)cc1. The van der Waals surface area contributed by atoms with Crippen LogP contribution in [0.2, 0.25) is 0 Å². The number of carbonyl (C=O) groups is 3. The minimum Gasteiger partial charge on any atom is -0.349 e. The second kappa shape index (κ2) is 10.8. The molecule has 4 N–H and O–H groups in total. The maximum atomic E-state index is 13.4. The summed E-state index contributed by atoms with van der Waals surface area (Å²) in [5.41, 5.74) is 4.86. The quantitative estimate of drug-likeness (QED) is 0.173. The number of benzene rings is 3. The summed E-state index contributed by atoms with van der Waals surface area (Å²) in [6, 6.07) is 19.2. The van der Waals surface area contributed by atoms with Crippen LogP contribution in [-0.4, -0.2) is 29.0 Å². The second-order valence-electron chi connectivity index (χ2n) is 8.26. The molecule has 35 heavy (non-hydrogen) atoms. The van der Waals surface area contributed by atoms with Crippen molar-refractivity contribution >= 4 is 29.4 Å². The Morgan fingerprint density at radius 1 is 0.829 bits per heavy atom. The van der Waals surface area contributed by atoms with E-state index in [1.165, 1.54) is 12.1 Å². The predicted molar refractivity (Wildman–Crippen MR) is 129 cm³/mol. The summed E-state index contributed by atoms with van der Waals surface area (Å²) in [4.78, 5) is 36.7. The molecule has 0 aromatic heterocycles. The molecule has 0 bridgehead atoms. The fraction of sp³-hybridized carbons (Fsp3) is 0.148. The van der Waals surface area contributed by atoms with Gasteiger partial charge in [-0.1, -0.05) is 36.4 Å². The van der Waals surface area contributed by atoms with Crippen LogP contribution in [0.25, 0.3) is 11.6 Å². The van der Waals surface area contributed by atoms with Gasteiger partial charge in [0, 0.05) is 29.3 Å². The number of hydrogen-bond acceptors (Lipinski definition) is 4. The van der Waals surface area contributed by atoms with Crippen LogP contribution in [0.5, 0.6) is 0 Å². The summed E-state index contributed by atoms with van der Waals surface area (Å²) < 4.78 is 13.4. The number of carbonyl (C=O) groups excluding carboxylic acids is 3. The van der Waals surface area contributed by atoms with Crippen molar-refractivity contribution in [3.05, 3.63) is 106 Å². The number of hydroxylamine groups is 1. The van der Waals surface area contributed by atoms with Crippen LogP contribution in [0.1, 0.15) is 50.2 Å². The largest absolute Gasteiger partial charge is 0.349 e. The van der Waals surface area contributed by atoms with E-state index in [1.54, 1.807) is 72.2 Å². The third kappa shape index (κ3) is 6.39. The van der Waals surface area contributed by atoms with Gasteiger partial charge in [-0.05, 0) is 72.0 Å². The predicted octanol–water partition coefficient (Wildman–Crippen LogP) is 3.69. The summed E-state index contributed by atoms with van der Waals surface area (Å²) in [5.74, 6) is -1.48. The minimum atomic E-state index is -0.609. The van der Waals surface area contributed by atoms with Gasteiger partial charge in [0.05, 0.1) is 0 Å². The molecule has 1 aliphatic rings. The Morgan fingerprint density at radius 2 is 1.40 bits per heavy atom. The van der Waals surface area contributed by atoms with Crippen LogP contribution in [0.15, 0.2) is 72.8 Å². The maximum absolute atomic E-state index is 13.4. The highest BCUT2D eigenvalue weighted by atomic mass is 19.1. The van der Waals surface area contributed by atoms with Crippen molar-refractivity contribution in [3.8, 4) is 0 Å². The Morgan fingerprint density at radius 3 is 2.00 bits per heavy atom. The molecule has 1 aliphatic carbocycles. The van der Waals surface area contributed by atoms with Crippen LogP contribution in [0, 0.1) is 5.82 Å². The van der Waals surface area contributed by atoms with Crippen LogP contribution >= 0.6 is 0 Å². The smallest absolute Gasteiger partial charge is 0.274 e. The molecule has 0 saturated heterocycles. The third-order valence-electron chi connectivity index (χ3n) is 5.57. The van der Waals surface area contributed by atoms with Crippen LogP contribution in [-0.2, 0) is 11.3 Å². The summed E-state index contributed by atoms with van der Waals surface area (Å²) in [6.45, 7) is 0.261. The lowest BCUT2D eigenvalue weighted by Gasteiger charge is -2.10. The van der Waals surface area contributed by atoms with E-state index in [2.05, 4.69) is 10.6 Å². The van der Waals surface area contributed by atoms with Gasteiger partial charge in [-0.3, -0.25) is 19.6 Å². The van der Waals surface area contributed by atoms with Gasteiger partial charge in [-0.25, -0.2) is 9.87 Å². The normalized spacial score (nSPS) is 13.1. The van der Waals surface area contributed by atoms with Gasteiger partial charge in [0.15, 0.2) is 0 Å². The monoisotopic (exact) mass is 473 g/mol. The Bertz CT molecular complexity index is 1250. The number of halogens is 1. The van der Waals surface area contributed by atoms with Gasteiger partial charge in [-0.2, -0.15) is 0 Å². The Labute approximate surface area is 201 Å². The zero-order chi connectivity index (χ0) is 24.8. The molecule has 0 unspecified atom stereocenters. The van der Waals surface area contributed by atoms with E-state index >= 15 is 0 Å².